The van der Waals surface area contributed by atoms with E-state index in [0.717, 1.165) is 13.0 Å². The van der Waals surface area contributed by atoms with E-state index in [1.807, 2.05) is 0 Å². The quantitative estimate of drug-likeness (QED) is 0.0237. The van der Waals surface area contributed by atoms with E-state index in [1.165, 1.54) is 57.8 Å². The van der Waals surface area contributed by atoms with Gasteiger partial charge in [0.1, 0.15) is 73.7 Å². The Labute approximate surface area is 411 Å². The van der Waals surface area contributed by atoms with Crippen LogP contribution in [0.15, 0.2) is 0 Å². The Hall–Kier alpha value is -0.880. The minimum Gasteiger partial charge on any atom is -0.394 e. The Morgan fingerprint density at radius 2 is 0.884 bits per heavy atom. The van der Waals surface area contributed by atoms with E-state index in [9.17, 15) is 40.9 Å². The molecule has 11 unspecified atom stereocenters. The van der Waals surface area contributed by atoms with E-state index < -0.39 is 93.6 Å². The molecule has 22 heteroatoms. The molecule has 414 valence electrons. The third-order valence-corrected chi connectivity index (χ3v) is 11.0. The number of aliphatic hydroxyl groups is 10. The van der Waals surface area contributed by atoms with Crippen LogP contribution in [-0.4, -0.2) is 289 Å². The van der Waals surface area contributed by atoms with Crippen LogP contribution in [0.25, 0.3) is 0 Å². The van der Waals surface area contributed by atoms with Gasteiger partial charge in [0, 0.05) is 0 Å². The monoisotopic (exact) mass is 1010 g/mol. The number of quaternary nitrogens is 1. The molecular formula is C47H96NO21+. The summed E-state index contributed by atoms with van der Waals surface area (Å²) in [6.07, 6.45) is 3.34. The number of hydrogen-bond donors (Lipinski definition) is 10. The third kappa shape index (κ3) is 37.5. The van der Waals surface area contributed by atoms with Crippen molar-refractivity contribution in [3.8, 4) is 0 Å². The van der Waals surface area contributed by atoms with Gasteiger partial charge in [-0.05, 0) is 12.8 Å². The lowest BCUT2D eigenvalue weighted by Crippen LogP contribution is -2.47. The summed E-state index contributed by atoms with van der Waals surface area (Å²) in [5.41, 5.74) is 0. The summed E-state index contributed by atoms with van der Waals surface area (Å²) in [6.45, 7) is 0.699. The van der Waals surface area contributed by atoms with Crippen molar-refractivity contribution in [3.05, 3.63) is 0 Å². The van der Waals surface area contributed by atoms with Crippen molar-refractivity contribution in [1.29, 1.82) is 0 Å². The molecule has 22 nitrogen and oxygen atoms in total. The van der Waals surface area contributed by atoms with Crippen LogP contribution in [-0.2, 0) is 52.1 Å². The average molecular weight is 1010 g/mol. The van der Waals surface area contributed by atoms with Crippen LogP contribution in [0.4, 0.5) is 0 Å². The number of nitrogens with zero attached hydrogens (tertiary/aromatic N) is 1. The van der Waals surface area contributed by atoms with Crippen LogP contribution < -0.4 is 0 Å². The summed E-state index contributed by atoms with van der Waals surface area (Å²) < 4.78 is 63.5. The fourth-order valence-electron chi connectivity index (χ4n) is 7.14. The van der Waals surface area contributed by atoms with Gasteiger partial charge in [0.05, 0.1) is 159 Å². The van der Waals surface area contributed by atoms with Gasteiger partial charge >= 0.3 is 0 Å². The lowest BCUT2D eigenvalue weighted by atomic mass is 10.1. The van der Waals surface area contributed by atoms with Gasteiger partial charge in [-0.1, -0.05) is 58.3 Å². The van der Waals surface area contributed by atoms with Crippen molar-refractivity contribution in [2.75, 3.05) is 166 Å². The highest BCUT2D eigenvalue weighted by Crippen LogP contribution is 2.14. The van der Waals surface area contributed by atoms with Crippen molar-refractivity contribution in [2.45, 2.75) is 138 Å². The number of rotatable bonds is 50. The standard InChI is InChI=1S/C47H96NO21/c1-4-5-6-7-8-9-10-11-12-13-14-48(2,3)15-37(54)21-59-25-41(58)27-67-45(31-62-28-42(18-51)66-26-39(56)17-50)32-65-36-46(33-61-24-40(57)23-60-22-38(55)16-49)68-43(19-52)29-63-34-47-35-64-30-44(20-53)69-47/h37-47,49-58H,4-36H2,1-3H3/q+1. The number of unbranched alkanes of at least 4 members (excludes halogenated alkanes) is 9. The zero-order valence-corrected chi connectivity index (χ0v) is 42.1. The molecule has 0 saturated carbocycles. The first kappa shape index (κ1) is 66.1. The second-order valence-electron chi connectivity index (χ2n) is 18.6. The molecule has 0 aromatic rings. The zero-order chi connectivity index (χ0) is 51.0. The van der Waals surface area contributed by atoms with Gasteiger partial charge in [0.25, 0.3) is 0 Å². The van der Waals surface area contributed by atoms with E-state index >= 15 is 0 Å². The number of aliphatic hydroxyl groups excluding tert-OH is 10. The predicted octanol–water partition coefficient (Wildman–Crippen LogP) is -1.84. The van der Waals surface area contributed by atoms with Crippen LogP contribution in [0.2, 0.25) is 0 Å². The molecule has 1 rings (SSSR count). The van der Waals surface area contributed by atoms with Crippen LogP contribution in [0.3, 0.4) is 0 Å². The number of likely N-dealkylation sites (N-methyl/N-ethyl adjacent to an activating group) is 1. The maximum absolute atomic E-state index is 10.8. The maximum atomic E-state index is 10.8. The first-order valence-electron chi connectivity index (χ1n) is 25.1. The molecule has 0 spiro atoms. The first-order chi connectivity index (χ1) is 33.3. The number of hydrogen-bond acceptors (Lipinski definition) is 21. The van der Waals surface area contributed by atoms with Crippen molar-refractivity contribution < 1.29 is 108 Å². The van der Waals surface area contributed by atoms with Crippen LogP contribution >= 0.6 is 0 Å². The van der Waals surface area contributed by atoms with Gasteiger partial charge in [-0.3, -0.25) is 0 Å². The SMILES string of the molecule is CCCCCCCCCCCC[N+](C)(C)CC(O)COCC(O)COC(COCC(CO)OCC(O)CO)COCC(COCC(O)COCC(O)CO)OC(CO)COCC1COCC(CO)O1. The lowest BCUT2D eigenvalue weighted by Gasteiger charge is -2.32. The van der Waals surface area contributed by atoms with E-state index in [4.69, 9.17) is 62.3 Å². The summed E-state index contributed by atoms with van der Waals surface area (Å²) in [5.74, 6) is 0. The van der Waals surface area contributed by atoms with Crippen molar-refractivity contribution in [3.63, 3.8) is 0 Å². The second-order valence-corrected chi connectivity index (χ2v) is 18.6. The highest BCUT2D eigenvalue weighted by atomic mass is 16.6. The molecule has 11 atom stereocenters. The van der Waals surface area contributed by atoms with Gasteiger partial charge < -0.3 is 108 Å². The van der Waals surface area contributed by atoms with Crippen molar-refractivity contribution in [1.82, 2.24) is 0 Å². The molecule has 10 N–H and O–H groups in total. The molecule has 0 aromatic heterocycles. The molecule has 1 saturated heterocycles. The fourth-order valence-corrected chi connectivity index (χ4v) is 7.14. The van der Waals surface area contributed by atoms with Crippen LogP contribution in [0, 0.1) is 0 Å². The number of ether oxygens (including phenoxy) is 11. The minimum atomic E-state index is -1.13. The molecule has 1 aliphatic rings. The maximum Gasteiger partial charge on any atom is 0.126 e. The average Bonchev–Trinajstić information content (AvgIpc) is 3.33. The highest BCUT2D eigenvalue weighted by molar-refractivity contribution is 4.70. The molecule has 0 bridgehead atoms. The molecule has 1 heterocycles. The minimum absolute atomic E-state index is 0.0348. The Kier molecular flexibility index (Phi) is 41.7. The molecule has 0 radical (unpaired) electrons. The largest absolute Gasteiger partial charge is 0.394 e. The molecule has 1 fully saturated rings. The van der Waals surface area contributed by atoms with Gasteiger partial charge in [-0.25, -0.2) is 0 Å². The normalized spacial score (nSPS) is 19.8. The third-order valence-electron chi connectivity index (χ3n) is 11.0. The van der Waals surface area contributed by atoms with Crippen molar-refractivity contribution in [2.24, 2.45) is 0 Å². The smallest absolute Gasteiger partial charge is 0.126 e. The molecule has 0 aliphatic carbocycles. The van der Waals surface area contributed by atoms with Crippen molar-refractivity contribution >= 4 is 0 Å². The molecule has 69 heavy (non-hydrogen) atoms. The van der Waals surface area contributed by atoms with Gasteiger partial charge in [0.2, 0.25) is 0 Å². The van der Waals surface area contributed by atoms with Crippen LogP contribution in [0.1, 0.15) is 71.1 Å². The van der Waals surface area contributed by atoms with Gasteiger partial charge in [-0.15, -0.1) is 0 Å². The molecule has 0 aromatic carbocycles. The Morgan fingerprint density at radius 1 is 0.449 bits per heavy atom. The Balaban J connectivity index is 2.79. The van der Waals surface area contributed by atoms with E-state index in [0.29, 0.717) is 11.0 Å². The fraction of sp³-hybridized carbons (Fsp3) is 1.00. The van der Waals surface area contributed by atoms with E-state index in [-0.39, 0.29) is 112 Å². The Bertz CT molecular complexity index is 1120. The predicted molar refractivity (Wildman–Crippen MR) is 252 cm³/mol. The molecule has 0 amide bonds. The Morgan fingerprint density at radius 3 is 1.46 bits per heavy atom. The topological polar surface area (TPSA) is 304 Å². The highest BCUT2D eigenvalue weighted by Gasteiger charge is 2.26. The van der Waals surface area contributed by atoms with Gasteiger partial charge in [0.15, 0.2) is 0 Å². The summed E-state index contributed by atoms with van der Waals surface area (Å²) in [6, 6.07) is 0. The lowest BCUT2D eigenvalue weighted by molar-refractivity contribution is -0.893. The van der Waals surface area contributed by atoms with Crippen LogP contribution in [0.5, 0.6) is 0 Å². The summed E-state index contributed by atoms with van der Waals surface area (Å²) >= 11 is 0. The summed E-state index contributed by atoms with van der Waals surface area (Å²) in [4.78, 5) is 0. The van der Waals surface area contributed by atoms with E-state index in [2.05, 4.69) is 21.0 Å². The summed E-state index contributed by atoms with van der Waals surface area (Å²) in [7, 11) is 4.18. The molecular weight excluding hydrogens is 915 g/mol. The van der Waals surface area contributed by atoms with Gasteiger partial charge in [-0.2, -0.15) is 0 Å². The zero-order valence-electron chi connectivity index (χ0n) is 42.1. The first-order valence-corrected chi connectivity index (χ1v) is 25.1. The second kappa shape index (κ2) is 43.5. The molecule has 1 aliphatic heterocycles. The van der Waals surface area contributed by atoms with E-state index in [1.54, 1.807) is 0 Å². The summed E-state index contributed by atoms with van der Waals surface area (Å²) in [5, 5.41) is 98.5.